The van der Waals surface area contributed by atoms with Gasteiger partial charge in [0.05, 0.1) is 17.5 Å². The largest absolute Gasteiger partial charge is 0.259 e. The van der Waals surface area contributed by atoms with E-state index < -0.39 is 10.0 Å². The summed E-state index contributed by atoms with van der Waals surface area (Å²) >= 11 is 0. The summed E-state index contributed by atoms with van der Waals surface area (Å²) in [5.41, 5.74) is 1.77. The van der Waals surface area contributed by atoms with Gasteiger partial charge in [-0.05, 0) is 31.4 Å². The van der Waals surface area contributed by atoms with Crippen LogP contribution < -0.4 is 4.72 Å². The van der Waals surface area contributed by atoms with Crippen molar-refractivity contribution in [2.75, 3.05) is 5.75 Å². The van der Waals surface area contributed by atoms with Gasteiger partial charge in [-0.1, -0.05) is 19.9 Å². The molecule has 0 amide bonds. The lowest BCUT2D eigenvalue weighted by Crippen LogP contribution is -2.31. The number of aryl methyl sites for hydroxylation is 1. The molecule has 17 heavy (non-hydrogen) atoms. The maximum absolute atomic E-state index is 11.8. The van der Waals surface area contributed by atoms with Crippen LogP contribution in [0.15, 0.2) is 18.3 Å². The first-order valence-electron chi connectivity index (χ1n) is 5.73. The van der Waals surface area contributed by atoms with Gasteiger partial charge >= 0.3 is 0 Å². The number of nitrogens with one attached hydrogen (secondary N) is 1. The molecular weight excluding hydrogens is 236 g/mol. The number of nitrogens with zero attached hydrogens (tertiary/aromatic N) is 1. The Morgan fingerprint density at radius 3 is 2.53 bits per heavy atom. The van der Waals surface area contributed by atoms with Crippen molar-refractivity contribution in [2.45, 2.75) is 33.7 Å². The molecule has 0 aliphatic heterocycles. The van der Waals surface area contributed by atoms with Crippen molar-refractivity contribution >= 4 is 10.0 Å². The van der Waals surface area contributed by atoms with Crippen LogP contribution in [0.25, 0.3) is 0 Å². The Morgan fingerprint density at radius 1 is 1.35 bits per heavy atom. The van der Waals surface area contributed by atoms with E-state index in [4.69, 9.17) is 0 Å². The van der Waals surface area contributed by atoms with Gasteiger partial charge in [-0.25, -0.2) is 13.1 Å². The minimum atomic E-state index is -3.23. The Labute approximate surface area is 104 Å². The molecule has 0 saturated carbocycles. The normalized spacial score (nSPS) is 13.9. The Balaban J connectivity index is 2.80. The molecule has 1 unspecified atom stereocenters. The second-order valence-electron chi connectivity index (χ2n) is 4.72. The Bertz CT molecular complexity index is 469. The van der Waals surface area contributed by atoms with Gasteiger partial charge in [-0.2, -0.15) is 0 Å². The molecule has 1 N–H and O–H groups in total. The Morgan fingerprint density at radius 2 is 2.00 bits per heavy atom. The van der Waals surface area contributed by atoms with Crippen molar-refractivity contribution in [2.24, 2.45) is 5.92 Å². The lowest BCUT2D eigenvalue weighted by Gasteiger charge is -2.16. The van der Waals surface area contributed by atoms with Crippen molar-refractivity contribution in [3.63, 3.8) is 0 Å². The number of aromatic nitrogens is 1. The van der Waals surface area contributed by atoms with Crippen molar-refractivity contribution in [1.29, 1.82) is 0 Å². The van der Waals surface area contributed by atoms with Crippen LogP contribution in [0.2, 0.25) is 0 Å². The van der Waals surface area contributed by atoms with Gasteiger partial charge in [0.25, 0.3) is 0 Å². The molecule has 0 aromatic carbocycles. The minimum absolute atomic E-state index is 0.115. The molecule has 0 spiro atoms. The topological polar surface area (TPSA) is 59.1 Å². The molecule has 1 atom stereocenters. The Hall–Kier alpha value is -0.940. The molecule has 5 heteroatoms. The number of hydrogen-bond acceptors (Lipinski definition) is 3. The van der Waals surface area contributed by atoms with Crippen LogP contribution in [-0.2, 0) is 10.0 Å². The van der Waals surface area contributed by atoms with Crippen molar-refractivity contribution in [3.8, 4) is 0 Å². The summed E-state index contributed by atoms with van der Waals surface area (Å²) in [5.74, 6) is 0.257. The van der Waals surface area contributed by atoms with E-state index in [1.807, 2.05) is 39.8 Å². The number of sulfonamides is 1. The van der Waals surface area contributed by atoms with Gasteiger partial charge in [-0.15, -0.1) is 0 Å². The predicted molar refractivity (Wildman–Crippen MR) is 69.1 cm³/mol. The highest BCUT2D eigenvalue weighted by Gasteiger charge is 2.18. The third kappa shape index (κ3) is 4.44. The number of rotatable bonds is 5. The zero-order valence-electron chi connectivity index (χ0n) is 10.8. The van der Waals surface area contributed by atoms with Crippen LogP contribution in [0.4, 0.5) is 0 Å². The molecule has 0 bridgehead atoms. The molecule has 0 saturated heterocycles. The standard InChI is InChI=1S/C12H20N2O2S/c1-9(2)8-17(15,16)14-11(4)12-10(3)6-5-7-13-12/h5-7,9,11,14H,8H2,1-4H3. The van der Waals surface area contributed by atoms with E-state index in [1.165, 1.54) is 0 Å². The average Bonchev–Trinajstić information content (AvgIpc) is 2.14. The Kier molecular flexibility index (Phi) is 4.65. The fourth-order valence-corrected chi connectivity index (χ4v) is 3.39. The van der Waals surface area contributed by atoms with E-state index in [2.05, 4.69) is 9.71 Å². The van der Waals surface area contributed by atoms with E-state index in [0.717, 1.165) is 11.3 Å². The van der Waals surface area contributed by atoms with Gasteiger partial charge in [0, 0.05) is 6.20 Å². The predicted octanol–water partition coefficient (Wildman–Crippen LogP) is 2.03. The van der Waals surface area contributed by atoms with Crippen LogP contribution in [0.3, 0.4) is 0 Å². The van der Waals surface area contributed by atoms with Crippen LogP contribution >= 0.6 is 0 Å². The summed E-state index contributed by atoms with van der Waals surface area (Å²) in [6.07, 6.45) is 1.68. The molecule has 1 aromatic rings. The summed E-state index contributed by atoms with van der Waals surface area (Å²) in [4.78, 5) is 4.21. The molecule has 96 valence electrons. The van der Waals surface area contributed by atoms with Gasteiger partial charge in [0.2, 0.25) is 10.0 Å². The third-order valence-corrected chi connectivity index (χ3v) is 4.19. The van der Waals surface area contributed by atoms with Crippen molar-refractivity contribution in [3.05, 3.63) is 29.6 Å². The smallest absolute Gasteiger partial charge is 0.212 e. The van der Waals surface area contributed by atoms with Gasteiger partial charge in [0.15, 0.2) is 0 Å². The fraction of sp³-hybridized carbons (Fsp3) is 0.583. The SMILES string of the molecule is Cc1cccnc1C(C)NS(=O)(=O)CC(C)C. The lowest BCUT2D eigenvalue weighted by molar-refractivity contribution is 0.551. The summed E-state index contributed by atoms with van der Waals surface area (Å²) in [7, 11) is -3.23. The van der Waals surface area contributed by atoms with Crippen molar-refractivity contribution < 1.29 is 8.42 Å². The van der Waals surface area contributed by atoms with E-state index in [1.54, 1.807) is 6.20 Å². The van der Waals surface area contributed by atoms with E-state index >= 15 is 0 Å². The fourth-order valence-electron chi connectivity index (χ4n) is 1.76. The zero-order valence-corrected chi connectivity index (χ0v) is 11.6. The van der Waals surface area contributed by atoms with E-state index in [9.17, 15) is 8.42 Å². The molecule has 1 heterocycles. The molecule has 0 aliphatic rings. The first kappa shape index (κ1) is 14.1. The molecular formula is C12H20N2O2S. The highest BCUT2D eigenvalue weighted by molar-refractivity contribution is 7.89. The van der Waals surface area contributed by atoms with Crippen molar-refractivity contribution in [1.82, 2.24) is 9.71 Å². The molecule has 4 nitrogen and oxygen atoms in total. The zero-order chi connectivity index (χ0) is 13.1. The van der Waals surface area contributed by atoms with Crippen LogP contribution in [0.1, 0.15) is 38.1 Å². The second kappa shape index (κ2) is 5.60. The average molecular weight is 256 g/mol. The van der Waals surface area contributed by atoms with Gasteiger partial charge < -0.3 is 0 Å². The highest BCUT2D eigenvalue weighted by atomic mass is 32.2. The summed E-state index contributed by atoms with van der Waals surface area (Å²) in [5, 5.41) is 0. The third-order valence-electron chi connectivity index (χ3n) is 2.37. The molecule has 0 aliphatic carbocycles. The second-order valence-corrected chi connectivity index (χ2v) is 6.52. The van der Waals surface area contributed by atoms with Crippen LogP contribution in [0, 0.1) is 12.8 Å². The minimum Gasteiger partial charge on any atom is -0.259 e. The molecule has 1 aromatic heterocycles. The van der Waals surface area contributed by atoms with Crippen LogP contribution in [-0.4, -0.2) is 19.2 Å². The molecule has 0 radical (unpaired) electrons. The monoisotopic (exact) mass is 256 g/mol. The lowest BCUT2D eigenvalue weighted by atomic mass is 10.1. The number of hydrogen-bond donors (Lipinski definition) is 1. The first-order valence-corrected chi connectivity index (χ1v) is 7.38. The van der Waals surface area contributed by atoms with Gasteiger partial charge in [0.1, 0.15) is 0 Å². The molecule has 0 fully saturated rings. The maximum Gasteiger partial charge on any atom is 0.212 e. The van der Waals surface area contributed by atoms with E-state index in [0.29, 0.717) is 0 Å². The quantitative estimate of drug-likeness (QED) is 0.877. The summed E-state index contributed by atoms with van der Waals surface area (Å²) in [6, 6.07) is 3.48. The van der Waals surface area contributed by atoms with Crippen LogP contribution in [0.5, 0.6) is 0 Å². The summed E-state index contributed by atoms with van der Waals surface area (Å²) in [6.45, 7) is 7.51. The summed E-state index contributed by atoms with van der Waals surface area (Å²) < 4.78 is 26.2. The maximum atomic E-state index is 11.8. The highest BCUT2D eigenvalue weighted by Crippen LogP contribution is 2.15. The number of pyridine rings is 1. The van der Waals surface area contributed by atoms with E-state index in [-0.39, 0.29) is 17.7 Å². The first-order chi connectivity index (χ1) is 7.82. The van der Waals surface area contributed by atoms with Gasteiger partial charge in [-0.3, -0.25) is 4.98 Å². The molecule has 1 rings (SSSR count).